The molecule has 0 fully saturated rings. The van der Waals surface area contributed by atoms with E-state index in [0.717, 1.165) is 47.5 Å². The van der Waals surface area contributed by atoms with Gasteiger partial charge in [-0.25, -0.2) is 0 Å². The summed E-state index contributed by atoms with van der Waals surface area (Å²) in [5.74, 6) is 0.417. The first-order valence-corrected chi connectivity index (χ1v) is 15.6. The second-order valence-electron chi connectivity index (χ2n) is 9.06. The molecule has 0 saturated heterocycles. The van der Waals surface area contributed by atoms with Crippen LogP contribution in [0.4, 0.5) is 26.3 Å². The first-order valence-electron chi connectivity index (χ1n) is 11.7. The Balaban J connectivity index is 0.000000158. The van der Waals surface area contributed by atoms with Gasteiger partial charge < -0.3 is 4.57 Å². The fourth-order valence-corrected chi connectivity index (χ4v) is 9.46. The third kappa shape index (κ3) is 4.84. The predicted molar refractivity (Wildman–Crippen MR) is 135 cm³/mol. The number of hydrogen-bond acceptors (Lipinski definition) is 4. The number of aryl methyl sites for hydroxylation is 3. The van der Waals surface area contributed by atoms with Gasteiger partial charge in [0.15, 0.2) is 4.80 Å². The van der Waals surface area contributed by atoms with Crippen LogP contribution >= 0.6 is 11.3 Å². The summed E-state index contributed by atoms with van der Waals surface area (Å²) in [7, 11) is -1.19. The van der Waals surface area contributed by atoms with Crippen LogP contribution in [-0.4, -0.2) is 33.6 Å². The van der Waals surface area contributed by atoms with E-state index in [1.54, 1.807) is 11.5 Å². The molecular formula is C24H22F6N4OS2Se. The third-order valence-electron chi connectivity index (χ3n) is 6.75. The molecule has 2 aliphatic heterocycles. The summed E-state index contributed by atoms with van der Waals surface area (Å²) < 4.78 is 94.7. The zero-order valence-electron chi connectivity index (χ0n) is 19.9. The van der Waals surface area contributed by atoms with Gasteiger partial charge in [-0.05, 0) is 24.1 Å². The molecule has 6 rings (SSSR count). The number of hydrogen-bond donors (Lipinski definition) is 2. The van der Waals surface area contributed by atoms with Crippen molar-refractivity contribution in [3.63, 3.8) is 0 Å². The molecule has 4 aromatic rings. The zero-order valence-corrected chi connectivity index (χ0v) is 23.3. The van der Waals surface area contributed by atoms with Gasteiger partial charge in [-0.2, -0.15) is 13.2 Å². The quantitative estimate of drug-likeness (QED) is 0.219. The SMILES string of the molecule is CC[S@](=O)[C@@H]1CCn2c(=N)sc3cc(C(F)(F)F)cc1c32.N=c1[se]c2cc(C(F)(F)F)cc3c2n1CCC3. The molecule has 0 unspecified atom stereocenters. The van der Waals surface area contributed by atoms with Gasteiger partial charge in [0.1, 0.15) is 0 Å². The van der Waals surface area contributed by atoms with Crippen molar-refractivity contribution in [2.24, 2.45) is 0 Å². The van der Waals surface area contributed by atoms with Crippen molar-refractivity contribution >= 4 is 56.6 Å². The van der Waals surface area contributed by atoms with Gasteiger partial charge in [0, 0.05) is 23.1 Å². The minimum absolute atomic E-state index is 0.242. The van der Waals surface area contributed by atoms with Gasteiger partial charge in [0.25, 0.3) is 0 Å². The van der Waals surface area contributed by atoms with E-state index in [1.165, 1.54) is 12.1 Å². The molecule has 14 heteroatoms. The van der Waals surface area contributed by atoms with Crippen LogP contribution in [0.2, 0.25) is 0 Å². The molecule has 204 valence electrons. The van der Waals surface area contributed by atoms with Crippen molar-refractivity contribution in [2.75, 3.05) is 5.75 Å². The van der Waals surface area contributed by atoms with Gasteiger partial charge in [0.05, 0.1) is 21.0 Å². The summed E-state index contributed by atoms with van der Waals surface area (Å²) in [5, 5.41) is 15.3. The molecule has 2 atom stereocenters. The number of benzene rings is 2. The molecule has 0 bridgehead atoms. The number of thiazole rings is 1. The van der Waals surface area contributed by atoms with E-state index in [9.17, 15) is 30.6 Å². The minimum atomic E-state index is -4.43. The second kappa shape index (κ2) is 9.79. The topological polar surface area (TPSA) is 74.6 Å². The van der Waals surface area contributed by atoms with Gasteiger partial charge in [-0.1, -0.05) is 18.3 Å². The normalized spacial score (nSPS) is 17.9. The molecular weight excluding hydrogens is 617 g/mol. The summed E-state index contributed by atoms with van der Waals surface area (Å²) >= 11 is 0.772. The predicted octanol–water partition coefficient (Wildman–Crippen LogP) is 5.56. The Kier molecular flexibility index (Phi) is 7.07. The van der Waals surface area contributed by atoms with Gasteiger partial charge in [-0.3, -0.25) is 9.62 Å². The maximum atomic E-state index is 13.0. The summed E-state index contributed by atoms with van der Waals surface area (Å²) in [6.07, 6.45) is -6.69. The average Bonchev–Trinajstić information content (AvgIpc) is 3.36. The summed E-state index contributed by atoms with van der Waals surface area (Å²) in [6, 6.07) is 4.68. The first kappa shape index (κ1) is 27.4. The molecule has 0 aliphatic carbocycles. The molecule has 2 aromatic heterocycles. The zero-order chi connectivity index (χ0) is 27.6. The van der Waals surface area contributed by atoms with E-state index < -0.39 is 34.3 Å². The van der Waals surface area contributed by atoms with Crippen LogP contribution in [0, 0.1) is 10.8 Å². The second-order valence-corrected chi connectivity index (χ2v) is 14.2. The maximum absolute atomic E-state index is 13.0. The van der Waals surface area contributed by atoms with Crippen LogP contribution in [0.1, 0.15) is 47.3 Å². The number of alkyl halides is 6. The molecule has 2 N–H and O–H groups in total. The van der Waals surface area contributed by atoms with E-state index in [1.807, 2.05) is 4.57 Å². The molecule has 0 saturated carbocycles. The molecule has 38 heavy (non-hydrogen) atoms. The van der Waals surface area contributed by atoms with Crippen molar-refractivity contribution in [1.29, 1.82) is 10.8 Å². The molecule has 4 heterocycles. The Morgan fingerprint density at radius 1 is 1.00 bits per heavy atom. The fourth-order valence-electron chi connectivity index (χ4n) is 5.06. The molecule has 0 spiro atoms. The standard InChI is InChI=1S/C13H13F3N2OS2.C11H9F3N2Se/c1-2-21(19)10-3-4-18-11-8(10)5-7(13(14,15)16)6-9(11)20-12(18)17;12-11(13,14)7-4-6-2-1-3-16-9(6)8(5-7)17-10(16)15/h5-6,10,17H,2-4H2,1H3;4-5,15H,1-3H2/t10-,21+;/m1./s1. The molecule has 0 amide bonds. The first-order chi connectivity index (χ1) is 17.8. The fraction of sp³-hybridized carbons (Fsp3) is 0.417. The molecule has 0 radical (unpaired) electrons. The number of halogens is 6. The number of rotatable bonds is 2. The number of aromatic nitrogens is 2. The van der Waals surface area contributed by atoms with Crippen LogP contribution in [-0.2, 0) is 42.7 Å². The molecule has 2 aliphatic rings. The van der Waals surface area contributed by atoms with Crippen LogP contribution in [0.5, 0.6) is 0 Å². The van der Waals surface area contributed by atoms with Gasteiger partial charge >= 0.3 is 107 Å². The Hall–Kier alpha value is -2.15. The Labute approximate surface area is 224 Å². The summed E-state index contributed by atoms with van der Waals surface area (Å²) in [4.78, 5) is 0.242. The van der Waals surface area contributed by atoms with Gasteiger partial charge in [0.2, 0.25) is 0 Å². The van der Waals surface area contributed by atoms with Crippen molar-refractivity contribution in [1.82, 2.24) is 9.13 Å². The third-order valence-corrected chi connectivity index (χ3v) is 11.4. The van der Waals surface area contributed by atoms with E-state index in [-0.39, 0.29) is 24.6 Å². The van der Waals surface area contributed by atoms with Crippen LogP contribution in [0.15, 0.2) is 24.3 Å². The molecule has 5 nitrogen and oxygen atoms in total. The van der Waals surface area contributed by atoms with E-state index >= 15 is 0 Å². The van der Waals surface area contributed by atoms with Crippen LogP contribution < -0.4 is 9.16 Å². The van der Waals surface area contributed by atoms with Gasteiger partial charge in [-0.15, -0.1) is 0 Å². The van der Waals surface area contributed by atoms with Crippen molar-refractivity contribution in [3.8, 4) is 0 Å². The Morgan fingerprint density at radius 3 is 2.34 bits per heavy atom. The monoisotopic (exact) mass is 640 g/mol. The number of nitrogens with one attached hydrogen (secondary N) is 2. The van der Waals surface area contributed by atoms with Crippen LogP contribution in [0.3, 0.4) is 0 Å². The summed E-state index contributed by atoms with van der Waals surface area (Å²) in [6.45, 7) is 3.08. The van der Waals surface area contributed by atoms with Crippen molar-refractivity contribution in [3.05, 3.63) is 55.7 Å². The number of nitrogens with zero attached hydrogens (tertiary/aromatic N) is 2. The molecule has 2 aromatic carbocycles. The average molecular weight is 640 g/mol. The van der Waals surface area contributed by atoms with Crippen molar-refractivity contribution < 1.29 is 30.6 Å². The Bertz CT molecular complexity index is 1690. The van der Waals surface area contributed by atoms with Crippen molar-refractivity contribution in [2.45, 2.75) is 56.9 Å². The summed E-state index contributed by atoms with van der Waals surface area (Å²) in [5.41, 5.74) is 1.47. The van der Waals surface area contributed by atoms with Crippen LogP contribution in [0.25, 0.3) is 20.0 Å². The Morgan fingerprint density at radius 2 is 1.68 bits per heavy atom. The van der Waals surface area contributed by atoms with E-state index in [0.29, 0.717) is 49.5 Å². The van der Waals surface area contributed by atoms with E-state index in [4.69, 9.17) is 10.8 Å². The van der Waals surface area contributed by atoms with E-state index in [2.05, 4.69) is 0 Å².